The Kier molecular flexibility index (Phi) is 3.93. The van der Waals surface area contributed by atoms with Crippen LogP contribution in [0.5, 0.6) is 0 Å². The zero-order valence-electron chi connectivity index (χ0n) is 11.7. The smallest absolute Gasteiger partial charge is 0.251 e. The van der Waals surface area contributed by atoms with E-state index in [-0.39, 0.29) is 18.2 Å². The van der Waals surface area contributed by atoms with Crippen molar-refractivity contribution >= 4 is 17.5 Å². The molecule has 1 N–H and O–H groups in total. The topological polar surface area (TPSA) is 62.3 Å². The molecule has 0 radical (unpaired) electrons. The summed E-state index contributed by atoms with van der Waals surface area (Å²) in [5.41, 5.74) is 1.38. The van der Waals surface area contributed by atoms with E-state index in [2.05, 4.69) is 10.3 Å². The van der Waals surface area contributed by atoms with E-state index in [1.165, 1.54) is 24.3 Å². The monoisotopic (exact) mass is 299 g/mol. The van der Waals surface area contributed by atoms with E-state index in [9.17, 15) is 14.0 Å². The zero-order valence-corrected chi connectivity index (χ0v) is 11.7. The molecule has 0 spiro atoms. The summed E-state index contributed by atoms with van der Waals surface area (Å²) in [6.07, 6.45) is 3.44. The standard InChI is InChI=1S/C16H14FN3O2/c17-12-1-3-13(4-2-12)20-15(21)9-14(16(20)22)19-10-11-5-7-18-8-6-11/h1-8,14,19H,9-10H2. The molecule has 5 nitrogen and oxygen atoms in total. The molecule has 0 bridgehead atoms. The van der Waals surface area contributed by atoms with Crippen molar-refractivity contribution in [3.8, 4) is 0 Å². The van der Waals surface area contributed by atoms with E-state index in [4.69, 9.17) is 0 Å². The van der Waals surface area contributed by atoms with Crippen LogP contribution in [-0.2, 0) is 16.1 Å². The van der Waals surface area contributed by atoms with Gasteiger partial charge >= 0.3 is 0 Å². The first-order valence-electron chi connectivity index (χ1n) is 6.90. The van der Waals surface area contributed by atoms with Crippen molar-refractivity contribution in [2.75, 3.05) is 4.90 Å². The van der Waals surface area contributed by atoms with Gasteiger partial charge < -0.3 is 5.32 Å². The molecule has 1 saturated heterocycles. The molecule has 0 saturated carbocycles. The lowest BCUT2D eigenvalue weighted by Gasteiger charge is -2.15. The molecular formula is C16H14FN3O2. The molecule has 112 valence electrons. The summed E-state index contributed by atoms with van der Waals surface area (Å²) in [5, 5.41) is 3.08. The average Bonchev–Trinajstić information content (AvgIpc) is 2.82. The number of pyridine rings is 1. The van der Waals surface area contributed by atoms with E-state index in [1.807, 2.05) is 12.1 Å². The molecule has 1 aromatic heterocycles. The number of halogens is 1. The average molecular weight is 299 g/mol. The SMILES string of the molecule is O=C1CC(NCc2ccncc2)C(=O)N1c1ccc(F)cc1. The first-order valence-corrected chi connectivity index (χ1v) is 6.90. The molecule has 0 aliphatic carbocycles. The molecule has 3 rings (SSSR count). The Morgan fingerprint density at radius 3 is 2.50 bits per heavy atom. The minimum atomic E-state index is -0.564. The number of nitrogens with zero attached hydrogens (tertiary/aromatic N) is 2. The van der Waals surface area contributed by atoms with Crippen LogP contribution < -0.4 is 10.2 Å². The predicted molar refractivity (Wildman–Crippen MR) is 78.4 cm³/mol. The summed E-state index contributed by atoms with van der Waals surface area (Å²) < 4.78 is 12.9. The van der Waals surface area contributed by atoms with Crippen LogP contribution in [0.3, 0.4) is 0 Å². The second-order valence-electron chi connectivity index (χ2n) is 5.04. The van der Waals surface area contributed by atoms with E-state index in [0.717, 1.165) is 10.5 Å². The molecule has 2 amide bonds. The normalized spacial score (nSPS) is 18.0. The maximum atomic E-state index is 12.9. The summed E-state index contributed by atoms with van der Waals surface area (Å²) in [6.45, 7) is 0.476. The maximum absolute atomic E-state index is 12.9. The number of aromatic nitrogens is 1. The maximum Gasteiger partial charge on any atom is 0.251 e. The Labute approximate surface area is 126 Å². The minimum absolute atomic E-state index is 0.0985. The molecule has 1 fully saturated rings. The van der Waals surface area contributed by atoms with E-state index < -0.39 is 11.9 Å². The highest BCUT2D eigenvalue weighted by atomic mass is 19.1. The first-order chi connectivity index (χ1) is 10.6. The van der Waals surface area contributed by atoms with Gasteiger partial charge in [0.2, 0.25) is 5.91 Å². The van der Waals surface area contributed by atoms with Crippen molar-refractivity contribution < 1.29 is 14.0 Å². The van der Waals surface area contributed by atoms with Crippen molar-refractivity contribution in [1.82, 2.24) is 10.3 Å². The van der Waals surface area contributed by atoms with Crippen molar-refractivity contribution in [2.45, 2.75) is 19.0 Å². The van der Waals surface area contributed by atoms with E-state index >= 15 is 0 Å². The zero-order chi connectivity index (χ0) is 15.5. The van der Waals surface area contributed by atoms with Gasteiger partial charge in [-0.1, -0.05) is 0 Å². The van der Waals surface area contributed by atoms with Crippen LogP contribution in [0.4, 0.5) is 10.1 Å². The second-order valence-corrected chi connectivity index (χ2v) is 5.04. The van der Waals surface area contributed by atoms with Crippen LogP contribution in [0.25, 0.3) is 0 Å². The molecule has 1 atom stereocenters. The lowest BCUT2D eigenvalue weighted by atomic mass is 10.2. The quantitative estimate of drug-likeness (QED) is 0.872. The molecular weight excluding hydrogens is 285 g/mol. The Morgan fingerprint density at radius 2 is 1.82 bits per heavy atom. The van der Waals surface area contributed by atoms with Crippen molar-refractivity contribution in [2.24, 2.45) is 0 Å². The molecule has 22 heavy (non-hydrogen) atoms. The van der Waals surface area contributed by atoms with Crippen molar-refractivity contribution in [3.05, 3.63) is 60.2 Å². The number of carbonyl (C=O) groups excluding carboxylic acids is 2. The van der Waals surface area contributed by atoms with Crippen LogP contribution in [-0.4, -0.2) is 22.8 Å². The number of anilines is 1. The number of benzene rings is 1. The number of nitrogens with one attached hydrogen (secondary N) is 1. The lowest BCUT2D eigenvalue weighted by Crippen LogP contribution is -2.38. The molecule has 6 heteroatoms. The van der Waals surface area contributed by atoms with Crippen molar-refractivity contribution in [3.63, 3.8) is 0 Å². The third-order valence-corrected chi connectivity index (χ3v) is 3.53. The summed E-state index contributed by atoms with van der Waals surface area (Å²) in [7, 11) is 0. The van der Waals surface area contributed by atoms with Gasteiger partial charge in [0, 0.05) is 18.9 Å². The van der Waals surface area contributed by atoms with Gasteiger partial charge in [0.25, 0.3) is 5.91 Å². The third kappa shape index (κ3) is 2.87. The van der Waals surface area contributed by atoms with Crippen molar-refractivity contribution in [1.29, 1.82) is 0 Å². The third-order valence-electron chi connectivity index (χ3n) is 3.53. The van der Waals surface area contributed by atoms with Gasteiger partial charge in [-0.2, -0.15) is 0 Å². The van der Waals surface area contributed by atoms with Gasteiger partial charge in [0.1, 0.15) is 5.82 Å². The largest absolute Gasteiger partial charge is 0.301 e. The molecule has 1 aromatic carbocycles. The fraction of sp³-hybridized carbons (Fsp3) is 0.188. The van der Waals surface area contributed by atoms with Crippen LogP contribution in [0.15, 0.2) is 48.8 Å². The van der Waals surface area contributed by atoms with Crippen LogP contribution in [0.2, 0.25) is 0 Å². The Bertz CT molecular complexity index is 688. The Hall–Kier alpha value is -2.60. The molecule has 2 heterocycles. The molecule has 1 unspecified atom stereocenters. The number of hydrogen-bond donors (Lipinski definition) is 1. The van der Waals surface area contributed by atoms with Gasteiger partial charge in [-0.25, -0.2) is 9.29 Å². The van der Waals surface area contributed by atoms with Gasteiger partial charge in [-0.15, -0.1) is 0 Å². The highest BCUT2D eigenvalue weighted by Gasteiger charge is 2.39. The number of imide groups is 1. The van der Waals surface area contributed by atoms with Gasteiger partial charge in [0.15, 0.2) is 0 Å². The Balaban J connectivity index is 1.70. The summed E-state index contributed by atoms with van der Waals surface area (Å²) >= 11 is 0. The molecule has 1 aliphatic rings. The summed E-state index contributed by atoms with van der Waals surface area (Å²) in [4.78, 5) is 29.4. The van der Waals surface area contributed by atoms with E-state index in [0.29, 0.717) is 12.2 Å². The summed E-state index contributed by atoms with van der Waals surface area (Å²) in [5.74, 6) is -1.01. The number of hydrogen-bond acceptors (Lipinski definition) is 4. The van der Waals surface area contributed by atoms with Gasteiger partial charge in [0.05, 0.1) is 18.2 Å². The summed E-state index contributed by atoms with van der Waals surface area (Å²) in [6, 6.07) is 8.43. The lowest BCUT2D eigenvalue weighted by molar-refractivity contribution is -0.121. The molecule has 1 aliphatic heterocycles. The highest BCUT2D eigenvalue weighted by Crippen LogP contribution is 2.23. The fourth-order valence-corrected chi connectivity index (χ4v) is 2.39. The number of rotatable bonds is 4. The van der Waals surface area contributed by atoms with Crippen LogP contribution in [0.1, 0.15) is 12.0 Å². The van der Waals surface area contributed by atoms with Crippen LogP contribution >= 0.6 is 0 Å². The second kappa shape index (κ2) is 6.03. The van der Waals surface area contributed by atoms with Gasteiger partial charge in [-0.3, -0.25) is 14.6 Å². The Morgan fingerprint density at radius 1 is 1.14 bits per heavy atom. The number of amides is 2. The minimum Gasteiger partial charge on any atom is -0.301 e. The highest BCUT2D eigenvalue weighted by molar-refractivity contribution is 6.22. The molecule has 2 aromatic rings. The first kappa shape index (κ1) is 14.3. The number of carbonyl (C=O) groups is 2. The van der Waals surface area contributed by atoms with Crippen LogP contribution in [0, 0.1) is 5.82 Å². The fourth-order valence-electron chi connectivity index (χ4n) is 2.39. The van der Waals surface area contributed by atoms with E-state index in [1.54, 1.807) is 12.4 Å². The van der Waals surface area contributed by atoms with Gasteiger partial charge in [-0.05, 0) is 42.0 Å². The predicted octanol–water partition coefficient (Wildman–Crippen LogP) is 1.64.